The van der Waals surface area contributed by atoms with Crippen molar-refractivity contribution in [1.82, 2.24) is 15.0 Å². The lowest BCUT2D eigenvalue weighted by atomic mass is 10.0. The summed E-state index contributed by atoms with van der Waals surface area (Å²) in [5.41, 5.74) is 0.438. The molecule has 3 aromatic rings. The van der Waals surface area contributed by atoms with Crippen molar-refractivity contribution >= 4 is 32.9 Å². The molecule has 1 aromatic carbocycles. The monoisotopic (exact) mass is 330 g/mol. The van der Waals surface area contributed by atoms with E-state index in [9.17, 15) is 14.7 Å². The van der Waals surface area contributed by atoms with E-state index in [-0.39, 0.29) is 5.56 Å². The van der Waals surface area contributed by atoms with E-state index in [2.05, 4.69) is 34.9 Å². The predicted molar refractivity (Wildman–Crippen MR) is 90.3 cm³/mol. The summed E-state index contributed by atoms with van der Waals surface area (Å²) in [6, 6.07) is 6.03. The molecule has 0 spiro atoms. The quantitative estimate of drug-likeness (QED) is 0.639. The van der Waals surface area contributed by atoms with Crippen LogP contribution in [0.15, 0.2) is 32.8 Å². The highest BCUT2D eigenvalue weighted by molar-refractivity contribution is 7.22. The van der Waals surface area contributed by atoms with Crippen LogP contribution in [0.2, 0.25) is 0 Å². The Morgan fingerprint density at radius 2 is 2.09 bits per heavy atom. The largest absolute Gasteiger partial charge is 0.494 e. The van der Waals surface area contributed by atoms with E-state index in [1.54, 1.807) is 0 Å². The van der Waals surface area contributed by atoms with Crippen LogP contribution in [0.3, 0.4) is 0 Å². The molecule has 0 fully saturated rings. The molecule has 2 heterocycles. The number of thiazole rings is 1. The Kier molecular flexibility index (Phi) is 3.83. The number of aromatic hydroxyl groups is 1. The third-order valence-corrected chi connectivity index (χ3v) is 4.26. The summed E-state index contributed by atoms with van der Waals surface area (Å²) in [6.45, 7) is 4.24. The first-order valence-electron chi connectivity index (χ1n) is 6.94. The molecule has 0 aliphatic rings. The second kappa shape index (κ2) is 5.81. The highest BCUT2D eigenvalue weighted by Gasteiger charge is 2.08. The van der Waals surface area contributed by atoms with E-state index in [1.807, 2.05) is 17.1 Å². The number of aromatic amines is 2. The molecule has 0 aliphatic carbocycles. The number of rotatable bonds is 3. The minimum absolute atomic E-state index is 0.119. The van der Waals surface area contributed by atoms with Crippen molar-refractivity contribution in [3.05, 3.63) is 50.2 Å². The van der Waals surface area contributed by atoms with E-state index < -0.39 is 17.1 Å². The van der Waals surface area contributed by atoms with E-state index in [1.165, 1.54) is 23.1 Å². The molecule has 0 aliphatic heterocycles. The first-order valence-corrected chi connectivity index (χ1v) is 7.76. The topological polar surface area (TPSA) is 111 Å². The molecule has 118 valence electrons. The zero-order chi connectivity index (χ0) is 16.6. The van der Waals surface area contributed by atoms with E-state index in [0.717, 1.165) is 10.2 Å². The fourth-order valence-electron chi connectivity index (χ4n) is 2.07. The molecule has 7 nitrogen and oxygen atoms in total. The Balaban J connectivity index is 1.99. The van der Waals surface area contributed by atoms with Gasteiger partial charge in [0.1, 0.15) is 5.56 Å². The van der Waals surface area contributed by atoms with Crippen LogP contribution in [0.5, 0.6) is 5.88 Å². The fourth-order valence-corrected chi connectivity index (χ4v) is 2.93. The van der Waals surface area contributed by atoms with Crippen LogP contribution in [0.4, 0.5) is 5.13 Å². The van der Waals surface area contributed by atoms with Gasteiger partial charge in [0.2, 0.25) is 11.0 Å². The van der Waals surface area contributed by atoms with E-state index in [4.69, 9.17) is 0 Å². The molecule has 0 unspecified atom stereocenters. The predicted octanol–water partition coefficient (Wildman–Crippen LogP) is 2.25. The van der Waals surface area contributed by atoms with Crippen molar-refractivity contribution in [1.29, 1.82) is 0 Å². The second-order valence-corrected chi connectivity index (χ2v) is 6.32. The van der Waals surface area contributed by atoms with Crippen molar-refractivity contribution in [3.63, 3.8) is 0 Å². The number of hydrogen-bond donors (Lipinski definition) is 3. The minimum atomic E-state index is -0.772. The first kappa shape index (κ1) is 15.2. The molecular formula is C15H14N4O3S. The van der Waals surface area contributed by atoms with Crippen LogP contribution in [-0.4, -0.2) is 26.3 Å². The molecule has 0 saturated carbocycles. The maximum Gasteiger partial charge on any atom is 0.328 e. The number of fused-ring (bicyclic) bond motifs is 1. The summed E-state index contributed by atoms with van der Waals surface area (Å²) >= 11 is 1.39. The Hall–Kier alpha value is -2.74. The highest BCUT2D eigenvalue weighted by Crippen LogP contribution is 2.30. The molecule has 0 amide bonds. The molecule has 2 aromatic heterocycles. The molecule has 8 heteroatoms. The van der Waals surface area contributed by atoms with Crippen LogP contribution in [0, 0.1) is 0 Å². The van der Waals surface area contributed by atoms with Gasteiger partial charge in [-0.2, -0.15) is 0 Å². The van der Waals surface area contributed by atoms with Gasteiger partial charge < -0.3 is 5.11 Å². The van der Waals surface area contributed by atoms with Gasteiger partial charge in [-0.15, -0.1) is 0 Å². The molecule has 0 radical (unpaired) electrons. The van der Waals surface area contributed by atoms with E-state index >= 15 is 0 Å². The van der Waals surface area contributed by atoms with Gasteiger partial charge in [-0.1, -0.05) is 31.3 Å². The standard InChI is InChI=1S/C15H14N4O3S/c1-7(2)8-3-4-10-11(5-8)23-15(17-10)16-6-9-12(20)18-14(22)19-13(9)21/h3-7H,1-2H3,(H3,18,19,20,21,22)/b16-6+. The fraction of sp³-hybridized carbons (Fsp3) is 0.200. The minimum Gasteiger partial charge on any atom is -0.494 e. The van der Waals surface area contributed by atoms with Gasteiger partial charge in [0.05, 0.1) is 10.2 Å². The summed E-state index contributed by atoms with van der Waals surface area (Å²) in [5.74, 6) is -0.101. The number of nitrogens with one attached hydrogen (secondary N) is 2. The lowest BCUT2D eigenvalue weighted by Gasteiger charge is -2.03. The maximum absolute atomic E-state index is 11.6. The number of hydrogen-bond acceptors (Lipinski definition) is 6. The van der Waals surface area contributed by atoms with Crippen LogP contribution >= 0.6 is 11.3 Å². The third kappa shape index (κ3) is 3.07. The summed E-state index contributed by atoms with van der Waals surface area (Å²) in [6.07, 6.45) is 1.19. The zero-order valence-electron chi connectivity index (χ0n) is 12.5. The summed E-state index contributed by atoms with van der Waals surface area (Å²) in [5, 5.41) is 10.1. The number of nitrogens with zero attached hydrogens (tertiary/aromatic N) is 2. The van der Waals surface area contributed by atoms with Gasteiger partial charge in [0, 0.05) is 6.21 Å². The molecular weight excluding hydrogens is 316 g/mol. The smallest absolute Gasteiger partial charge is 0.328 e. The summed E-state index contributed by atoms with van der Waals surface area (Å²) in [7, 11) is 0. The average Bonchev–Trinajstić information content (AvgIpc) is 2.87. The Morgan fingerprint density at radius 3 is 2.78 bits per heavy atom. The molecule has 0 atom stereocenters. The summed E-state index contributed by atoms with van der Waals surface area (Å²) in [4.78, 5) is 35.3. The lowest BCUT2D eigenvalue weighted by molar-refractivity contribution is 0.447. The van der Waals surface area contributed by atoms with Crippen LogP contribution in [-0.2, 0) is 0 Å². The Morgan fingerprint density at radius 1 is 1.30 bits per heavy atom. The van der Waals surface area contributed by atoms with E-state index in [0.29, 0.717) is 11.0 Å². The van der Waals surface area contributed by atoms with Crippen molar-refractivity contribution in [2.75, 3.05) is 0 Å². The Labute approximate surface area is 134 Å². The molecule has 0 saturated heterocycles. The van der Waals surface area contributed by atoms with Crippen LogP contribution < -0.4 is 11.2 Å². The van der Waals surface area contributed by atoms with Gasteiger partial charge in [-0.25, -0.2) is 14.8 Å². The number of H-pyrrole nitrogens is 2. The molecule has 23 heavy (non-hydrogen) atoms. The van der Waals surface area contributed by atoms with Gasteiger partial charge in [0.25, 0.3) is 5.56 Å². The van der Waals surface area contributed by atoms with Gasteiger partial charge in [0.15, 0.2) is 0 Å². The maximum atomic E-state index is 11.6. The number of aliphatic imine (C=N–C) groups is 1. The Bertz CT molecular complexity index is 1010. The van der Waals surface area contributed by atoms with Crippen molar-refractivity contribution in [2.45, 2.75) is 19.8 Å². The lowest BCUT2D eigenvalue weighted by Crippen LogP contribution is -2.24. The third-order valence-electron chi connectivity index (χ3n) is 3.33. The van der Waals surface area contributed by atoms with Gasteiger partial charge in [-0.05, 0) is 23.6 Å². The molecule has 3 rings (SSSR count). The number of benzene rings is 1. The zero-order valence-corrected chi connectivity index (χ0v) is 13.3. The SMILES string of the molecule is CC(C)c1ccc2nc(/N=C/c3c(O)[nH]c(=O)[nH]c3=O)sc2c1. The molecule has 3 N–H and O–H groups in total. The van der Waals surface area contributed by atoms with Crippen LogP contribution in [0.1, 0.15) is 30.9 Å². The number of aromatic nitrogens is 3. The van der Waals surface area contributed by atoms with Crippen molar-refractivity contribution in [3.8, 4) is 5.88 Å². The highest BCUT2D eigenvalue weighted by atomic mass is 32.1. The van der Waals surface area contributed by atoms with Crippen molar-refractivity contribution < 1.29 is 5.11 Å². The molecule has 0 bridgehead atoms. The van der Waals surface area contributed by atoms with Crippen molar-refractivity contribution in [2.24, 2.45) is 4.99 Å². The van der Waals surface area contributed by atoms with Crippen LogP contribution in [0.25, 0.3) is 10.2 Å². The average molecular weight is 330 g/mol. The summed E-state index contributed by atoms with van der Waals surface area (Å²) < 4.78 is 1.00. The normalized spacial score (nSPS) is 11.8. The first-order chi connectivity index (χ1) is 10.9. The van der Waals surface area contributed by atoms with Gasteiger partial charge >= 0.3 is 5.69 Å². The van der Waals surface area contributed by atoms with Gasteiger partial charge in [-0.3, -0.25) is 14.8 Å². The second-order valence-electron chi connectivity index (χ2n) is 5.31.